The Labute approximate surface area is 156 Å². The lowest BCUT2D eigenvalue weighted by Gasteiger charge is -2.21. The molecule has 0 aliphatic carbocycles. The van der Waals surface area contributed by atoms with Crippen LogP contribution < -0.4 is 0 Å². The first-order chi connectivity index (χ1) is 12.4. The molecular weight excluding hydrogens is 352 g/mol. The normalized spacial score (nSPS) is 19.3. The SMILES string of the molecule is C/C(CC(C)C)=N\N=C1/SCC(=O)N1CN1C(=O)c2ccccc2C1=O. The smallest absolute Gasteiger partial charge is 0.263 e. The van der Waals surface area contributed by atoms with E-state index in [1.165, 1.54) is 16.7 Å². The van der Waals surface area contributed by atoms with Gasteiger partial charge in [-0.05, 0) is 31.4 Å². The molecule has 8 heteroatoms. The predicted molar refractivity (Wildman–Crippen MR) is 101 cm³/mol. The van der Waals surface area contributed by atoms with Crippen LogP contribution in [0.3, 0.4) is 0 Å². The van der Waals surface area contributed by atoms with E-state index in [2.05, 4.69) is 24.1 Å². The Morgan fingerprint density at radius 2 is 1.73 bits per heavy atom. The van der Waals surface area contributed by atoms with Crippen molar-refractivity contribution in [2.45, 2.75) is 27.2 Å². The van der Waals surface area contributed by atoms with Gasteiger partial charge in [0.05, 0.1) is 16.9 Å². The van der Waals surface area contributed by atoms with E-state index in [4.69, 9.17) is 0 Å². The molecule has 2 aliphatic rings. The Morgan fingerprint density at radius 3 is 2.31 bits per heavy atom. The molecule has 0 N–H and O–H groups in total. The lowest BCUT2D eigenvalue weighted by Crippen LogP contribution is -2.43. The quantitative estimate of drug-likeness (QED) is 0.452. The highest BCUT2D eigenvalue weighted by Crippen LogP contribution is 2.26. The second kappa shape index (κ2) is 7.41. The lowest BCUT2D eigenvalue weighted by atomic mass is 10.1. The van der Waals surface area contributed by atoms with E-state index in [0.717, 1.165) is 17.0 Å². The van der Waals surface area contributed by atoms with Crippen molar-refractivity contribution in [2.24, 2.45) is 16.1 Å². The van der Waals surface area contributed by atoms with Crippen LogP contribution in [-0.4, -0.2) is 50.8 Å². The van der Waals surface area contributed by atoms with Gasteiger partial charge in [-0.3, -0.25) is 24.2 Å². The van der Waals surface area contributed by atoms with Crippen LogP contribution in [-0.2, 0) is 4.79 Å². The summed E-state index contributed by atoms with van der Waals surface area (Å²) in [5.41, 5.74) is 1.59. The van der Waals surface area contributed by atoms with Gasteiger partial charge in [-0.1, -0.05) is 37.7 Å². The molecule has 0 spiro atoms. The molecule has 0 radical (unpaired) electrons. The zero-order chi connectivity index (χ0) is 18.8. The first-order valence-electron chi connectivity index (χ1n) is 8.38. The molecule has 3 amide bonds. The summed E-state index contributed by atoms with van der Waals surface area (Å²) < 4.78 is 0. The number of amidine groups is 1. The van der Waals surface area contributed by atoms with Crippen LogP contribution in [0.5, 0.6) is 0 Å². The fourth-order valence-electron chi connectivity index (χ4n) is 2.88. The summed E-state index contributed by atoms with van der Waals surface area (Å²) in [7, 11) is 0. The van der Waals surface area contributed by atoms with Gasteiger partial charge >= 0.3 is 0 Å². The molecule has 1 fully saturated rings. The summed E-state index contributed by atoms with van der Waals surface area (Å²) in [5, 5.41) is 8.77. The fraction of sp³-hybridized carbons (Fsp3) is 0.389. The van der Waals surface area contributed by atoms with Crippen molar-refractivity contribution in [3.05, 3.63) is 35.4 Å². The van der Waals surface area contributed by atoms with E-state index in [9.17, 15) is 14.4 Å². The highest BCUT2D eigenvalue weighted by atomic mass is 32.2. The standard InChI is InChI=1S/C18H20N4O3S/c1-11(2)8-12(3)19-20-18-21(15(23)9-26-18)10-22-16(24)13-6-4-5-7-14(13)17(22)25/h4-7,11H,8-10H2,1-3H3/b19-12+,20-18-. The number of carbonyl (C=O) groups is 3. The van der Waals surface area contributed by atoms with Crippen LogP contribution in [0.25, 0.3) is 0 Å². The van der Waals surface area contributed by atoms with Crippen LogP contribution in [0.2, 0.25) is 0 Å². The second-order valence-corrected chi connectivity index (χ2v) is 7.59. The minimum absolute atomic E-state index is 0.143. The lowest BCUT2D eigenvalue weighted by molar-refractivity contribution is -0.124. The van der Waals surface area contributed by atoms with E-state index in [-0.39, 0.29) is 18.3 Å². The number of rotatable bonds is 5. The molecule has 0 unspecified atom stereocenters. The fourth-order valence-corrected chi connectivity index (χ4v) is 3.70. The van der Waals surface area contributed by atoms with Crippen molar-refractivity contribution in [3.8, 4) is 0 Å². The minimum atomic E-state index is -0.394. The maximum absolute atomic E-state index is 12.5. The minimum Gasteiger partial charge on any atom is -0.273 e. The maximum Gasteiger partial charge on any atom is 0.263 e. The molecule has 3 rings (SSSR count). The van der Waals surface area contributed by atoms with Gasteiger partial charge in [-0.15, -0.1) is 5.10 Å². The van der Waals surface area contributed by atoms with Crippen LogP contribution in [0.1, 0.15) is 47.9 Å². The zero-order valence-electron chi connectivity index (χ0n) is 14.9. The van der Waals surface area contributed by atoms with Gasteiger partial charge in [0.25, 0.3) is 11.8 Å². The van der Waals surface area contributed by atoms with E-state index < -0.39 is 11.8 Å². The third kappa shape index (κ3) is 3.55. The molecule has 7 nitrogen and oxygen atoms in total. The molecule has 0 aromatic heterocycles. The van der Waals surface area contributed by atoms with E-state index in [1.54, 1.807) is 24.3 Å². The number of amides is 3. The van der Waals surface area contributed by atoms with Gasteiger partial charge in [0.15, 0.2) is 5.17 Å². The number of benzene rings is 1. The van der Waals surface area contributed by atoms with Crippen molar-refractivity contribution in [1.82, 2.24) is 9.80 Å². The average molecular weight is 372 g/mol. The van der Waals surface area contributed by atoms with Crippen molar-refractivity contribution in [1.29, 1.82) is 0 Å². The summed E-state index contributed by atoms with van der Waals surface area (Å²) in [5.74, 6) is -0.294. The van der Waals surface area contributed by atoms with E-state index in [0.29, 0.717) is 22.2 Å². The van der Waals surface area contributed by atoms with Crippen molar-refractivity contribution in [2.75, 3.05) is 12.4 Å². The third-order valence-corrected chi connectivity index (χ3v) is 4.98. The van der Waals surface area contributed by atoms with Gasteiger partial charge < -0.3 is 0 Å². The first kappa shape index (κ1) is 18.3. The Bertz CT molecular complexity index is 796. The molecule has 1 saturated heterocycles. The molecule has 136 valence electrons. The molecule has 2 aliphatic heterocycles. The van der Waals surface area contributed by atoms with Crippen molar-refractivity contribution in [3.63, 3.8) is 0 Å². The molecule has 2 heterocycles. The number of fused-ring (bicyclic) bond motifs is 1. The summed E-state index contributed by atoms with van der Waals surface area (Å²) in [6, 6.07) is 6.66. The number of thioether (sulfide) groups is 1. The molecule has 0 saturated carbocycles. The second-order valence-electron chi connectivity index (χ2n) is 6.65. The summed E-state index contributed by atoms with van der Waals surface area (Å²) in [6.45, 7) is 5.93. The van der Waals surface area contributed by atoms with E-state index in [1.807, 2.05) is 6.92 Å². The monoisotopic (exact) mass is 372 g/mol. The number of nitrogens with zero attached hydrogens (tertiary/aromatic N) is 4. The molecule has 1 aromatic rings. The van der Waals surface area contributed by atoms with E-state index >= 15 is 0 Å². The molecular formula is C18H20N4O3S. The van der Waals surface area contributed by atoms with Crippen LogP contribution in [0.15, 0.2) is 34.5 Å². The van der Waals surface area contributed by atoms with Gasteiger partial charge in [0.2, 0.25) is 5.91 Å². The van der Waals surface area contributed by atoms with Crippen molar-refractivity contribution < 1.29 is 14.4 Å². The predicted octanol–water partition coefficient (Wildman–Crippen LogP) is 2.59. The largest absolute Gasteiger partial charge is 0.273 e. The summed E-state index contributed by atoms with van der Waals surface area (Å²) >= 11 is 1.26. The highest BCUT2D eigenvalue weighted by Gasteiger charge is 2.39. The first-order valence-corrected chi connectivity index (χ1v) is 9.36. The summed E-state index contributed by atoms with van der Waals surface area (Å²) in [6.07, 6.45) is 0.813. The number of imide groups is 1. The molecule has 26 heavy (non-hydrogen) atoms. The topological polar surface area (TPSA) is 82.4 Å². The summed E-state index contributed by atoms with van der Waals surface area (Å²) in [4.78, 5) is 39.6. The van der Waals surface area contributed by atoms with Crippen LogP contribution in [0.4, 0.5) is 0 Å². The Hall–Kier alpha value is -2.48. The Kier molecular flexibility index (Phi) is 5.22. The van der Waals surface area contributed by atoms with Crippen molar-refractivity contribution >= 4 is 40.4 Å². The number of hydrogen-bond acceptors (Lipinski definition) is 6. The Balaban J connectivity index is 1.79. The molecule has 1 aromatic carbocycles. The van der Waals surface area contributed by atoms with Crippen LogP contribution in [0, 0.1) is 5.92 Å². The third-order valence-electron chi connectivity index (χ3n) is 4.03. The van der Waals surface area contributed by atoms with Gasteiger partial charge in [0, 0.05) is 5.71 Å². The van der Waals surface area contributed by atoms with Gasteiger partial charge in [-0.25, -0.2) is 0 Å². The maximum atomic E-state index is 12.5. The average Bonchev–Trinajstić information content (AvgIpc) is 3.06. The molecule has 0 atom stereocenters. The highest BCUT2D eigenvalue weighted by molar-refractivity contribution is 8.15. The van der Waals surface area contributed by atoms with Gasteiger partial charge in [-0.2, -0.15) is 5.10 Å². The number of carbonyl (C=O) groups excluding carboxylic acids is 3. The number of hydrogen-bond donors (Lipinski definition) is 0. The Morgan fingerprint density at radius 1 is 1.12 bits per heavy atom. The zero-order valence-corrected chi connectivity index (χ0v) is 15.7. The van der Waals surface area contributed by atoms with Crippen LogP contribution >= 0.6 is 11.8 Å². The molecule has 0 bridgehead atoms. The van der Waals surface area contributed by atoms with Gasteiger partial charge in [0.1, 0.15) is 6.67 Å².